The summed E-state index contributed by atoms with van der Waals surface area (Å²) in [4.78, 5) is 9.43. The van der Waals surface area contributed by atoms with E-state index in [1.807, 2.05) is 0 Å². The van der Waals surface area contributed by atoms with Gasteiger partial charge in [-0.15, -0.1) is 0 Å². The molecule has 0 aliphatic rings. The third-order valence-electron chi connectivity index (χ3n) is 0.134. The van der Waals surface area contributed by atoms with Crippen LogP contribution in [0.15, 0.2) is 0 Å². The molecule has 0 heterocycles. The van der Waals surface area contributed by atoms with Gasteiger partial charge >= 0.3 is 0 Å². The fraction of sp³-hybridized carbons (Fsp3) is 0.750. The van der Waals surface area contributed by atoms with Crippen LogP contribution in [0.2, 0.25) is 0 Å². The quantitative estimate of drug-likeness (QED) is 0.463. The molecule has 0 aromatic rings. The van der Waals surface area contributed by atoms with E-state index in [0.29, 0.717) is 0 Å². The van der Waals surface area contributed by atoms with E-state index in [4.69, 9.17) is 34.8 Å². The van der Waals surface area contributed by atoms with Crippen LogP contribution in [-0.2, 0) is 15.6 Å². The van der Waals surface area contributed by atoms with Crippen molar-refractivity contribution in [2.75, 3.05) is 12.5 Å². The van der Waals surface area contributed by atoms with E-state index < -0.39 is 14.6 Å². The average Bonchev–Trinajstić information content (AvgIpc) is 1.63. The van der Waals surface area contributed by atoms with E-state index >= 15 is 0 Å². The van der Waals surface area contributed by atoms with Crippen molar-refractivity contribution in [1.29, 1.82) is 0 Å². The lowest BCUT2D eigenvalue weighted by molar-refractivity contribution is -0.107. The Morgan fingerprint density at radius 3 is 1.40 bits per heavy atom. The summed E-state index contributed by atoms with van der Waals surface area (Å²) in [7, 11) is -0.611. The van der Waals surface area contributed by atoms with Gasteiger partial charge in [-0.3, -0.25) is 9.00 Å². The van der Waals surface area contributed by atoms with Crippen LogP contribution < -0.4 is 0 Å². The second-order valence-electron chi connectivity index (χ2n) is 1.40. The minimum Gasteiger partial charge on any atom is -0.299 e. The van der Waals surface area contributed by atoms with Crippen LogP contribution in [0.25, 0.3) is 0 Å². The Labute approximate surface area is 77.3 Å². The predicted octanol–water partition coefficient (Wildman–Crippen LogP) is 1.55. The van der Waals surface area contributed by atoms with Crippen LogP contribution in [0.4, 0.5) is 0 Å². The average molecular weight is 226 g/mol. The van der Waals surface area contributed by atoms with Gasteiger partial charge in [0, 0.05) is 23.3 Å². The van der Waals surface area contributed by atoms with Gasteiger partial charge in [0.2, 0.25) is 3.79 Å². The largest absolute Gasteiger partial charge is 0.299 e. The number of hydrogen-bond donors (Lipinski definition) is 0. The van der Waals surface area contributed by atoms with Crippen molar-refractivity contribution in [3.63, 3.8) is 0 Å². The highest BCUT2D eigenvalue weighted by atomic mass is 35.6. The minimum atomic E-state index is -1.72. The molecule has 0 aliphatic heterocycles. The van der Waals surface area contributed by atoms with Crippen molar-refractivity contribution in [3.05, 3.63) is 0 Å². The number of carbonyl (C=O) groups excluding carboxylic acids is 1. The van der Waals surface area contributed by atoms with Gasteiger partial charge in [0.1, 0.15) is 0 Å². The molecule has 10 heavy (non-hydrogen) atoms. The molecule has 0 atom stereocenters. The highest BCUT2D eigenvalue weighted by Crippen LogP contribution is 2.21. The zero-order valence-electron chi connectivity index (χ0n) is 5.44. The monoisotopic (exact) mass is 224 g/mol. The van der Waals surface area contributed by atoms with Gasteiger partial charge in [-0.25, -0.2) is 0 Å². The molecule has 0 radical (unpaired) electrons. The molecule has 6 heteroatoms. The molecule has 0 N–H and O–H groups in total. The summed E-state index contributed by atoms with van der Waals surface area (Å²) in [6.45, 7) is 0. The van der Waals surface area contributed by atoms with Crippen LogP contribution in [0, 0.1) is 0 Å². The Hall–Kier alpha value is 0.690. The Balaban J connectivity index is 0. The van der Waals surface area contributed by atoms with E-state index in [2.05, 4.69) is 0 Å². The maximum Gasteiger partial charge on any atom is 0.245 e. The number of rotatable bonds is 0. The van der Waals surface area contributed by atoms with Crippen molar-refractivity contribution in [3.8, 4) is 0 Å². The molecule has 0 aromatic carbocycles. The van der Waals surface area contributed by atoms with Gasteiger partial charge in [-0.1, -0.05) is 34.8 Å². The van der Waals surface area contributed by atoms with Crippen LogP contribution in [0.1, 0.15) is 0 Å². The summed E-state index contributed by atoms with van der Waals surface area (Å²) in [5.41, 5.74) is 0. The lowest BCUT2D eigenvalue weighted by atomic mass is 10.9. The molecule has 62 valence electrons. The maximum atomic E-state index is 9.56. The standard InChI is InChI=1S/C2HCl3O.C2H6OS/c3-2(4,5)1-6;1-4(2)3/h1H;1-2H3. The maximum absolute atomic E-state index is 9.56. The molecule has 0 amide bonds. The second-order valence-corrected chi connectivity index (χ2v) is 5.25. The fourth-order valence-electron chi connectivity index (χ4n) is 0. The molecular formula is C4H7Cl3O2S. The smallest absolute Gasteiger partial charge is 0.245 e. The molecular weight excluding hydrogens is 218 g/mol. The SMILES string of the molecule is CS(C)=O.O=CC(Cl)(Cl)Cl. The first-order chi connectivity index (χ1) is 4.29. The number of carbonyl (C=O) groups is 1. The number of hydrogen-bond acceptors (Lipinski definition) is 2. The number of halogens is 3. The summed E-state index contributed by atoms with van der Waals surface area (Å²) >= 11 is 14.6. The van der Waals surface area contributed by atoms with E-state index in [-0.39, 0.29) is 6.29 Å². The second kappa shape index (κ2) is 6.40. The molecule has 0 unspecified atom stereocenters. The molecule has 0 spiro atoms. The van der Waals surface area contributed by atoms with Crippen molar-refractivity contribution in [2.45, 2.75) is 3.79 Å². The molecule has 0 saturated heterocycles. The zero-order valence-corrected chi connectivity index (χ0v) is 8.52. The summed E-state index contributed by atoms with van der Waals surface area (Å²) in [6, 6.07) is 0. The summed E-state index contributed by atoms with van der Waals surface area (Å²) in [5, 5.41) is 0. The molecule has 0 aromatic heterocycles. The minimum absolute atomic E-state index is 0.234. The first-order valence-electron chi connectivity index (χ1n) is 2.07. The van der Waals surface area contributed by atoms with Crippen LogP contribution in [-0.4, -0.2) is 26.8 Å². The summed E-state index contributed by atoms with van der Waals surface area (Å²) in [5.74, 6) is 0. The molecule has 0 saturated carbocycles. The molecule has 2 nitrogen and oxygen atoms in total. The van der Waals surface area contributed by atoms with E-state index in [9.17, 15) is 9.00 Å². The van der Waals surface area contributed by atoms with Gasteiger partial charge < -0.3 is 0 Å². The van der Waals surface area contributed by atoms with Crippen molar-refractivity contribution in [1.82, 2.24) is 0 Å². The summed E-state index contributed by atoms with van der Waals surface area (Å²) in [6.07, 6.45) is 3.51. The first kappa shape index (κ1) is 13.3. The fourth-order valence-corrected chi connectivity index (χ4v) is 0. The lowest BCUT2D eigenvalue weighted by Gasteiger charge is -1.93. The van der Waals surface area contributed by atoms with Crippen molar-refractivity contribution < 1.29 is 9.00 Å². The van der Waals surface area contributed by atoms with Gasteiger partial charge in [-0.2, -0.15) is 0 Å². The van der Waals surface area contributed by atoms with Crippen LogP contribution >= 0.6 is 34.8 Å². The van der Waals surface area contributed by atoms with E-state index in [1.165, 1.54) is 0 Å². The van der Waals surface area contributed by atoms with Crippen molar-refractivity contribution >= 4 is 51.9 Å². The van der Waals surface area contributed by atoms with Crippen molar-refractivity contribution in [2.24, 2.45) is 0 Å². The zero-order chi connectivity index (χ0) is 8.78. The van der Waals surface area contributed by atoms with E-state index in [0.717, 1.165) is 0 Å². The Morgan fingerprint density at radius 2 is 1.40 bits per heavy atom. The lowest BCUT2D eigenvalue weighted by Crippen LogP contribution is -2.00. The van der Waals surface area contributed by atoms with Gasteiger partial charge in [0.15, 0.2) is 6.29 Å². The van der Waals surface area contributed by atoms with Crippen LogP contribution in [0.3, 0.4) is 0 Å². The predicted molar refractivity (Wildman–Crippen MR) is 46.3 cm³/mol. The number of aldehydes is 1. The normalized spacial score (nSPS) is 10.2. The third kappa shape index (κ3) is 37.7. The van der Waals surface area contributed by atoms with Gasteiger partial charge in [0.05, 0.1) is 0 Å². The van der Waals surface area contributed by atoms with Crippen LogP contribution in [0.5, 0.6) is 0 Å². The summed E-state index contributed by atoms with van der Waals surface area (Å²) < 4.78 is 7.83. The Morgan fingerprint density at radius 1 is 1.30 bits per heavy atom. The third-order valence-corrected chi connectivity index (χ3v) is 0.401. The molecule has 0 aliphatic carbocycles. The van der Waals surface area contributed by atoms with Gasteiger partial charge in [-0.05, 0) is 0 Å². The topological polar surface area (TPSA) is 34.1 Å². The highest BCUT2D eigenvalue weighted by Gasteiger charge is 2.16. The number of alkyl halides is 3. The van der Waals surface area contributed by atoms with Gasteiger partial charge in [0.25, 0.3) is 0 Å². The first-order valence-corrected chi connectivity index (χ1v) is 5.17. The Kier molecular flexibility index (Phi) is 8.51. The van der Waals surface area contributed by atoms with E-state index in [1.54, 1.807) is 12.5 Å². The molecule has 0 bridgehead atoms. The highest BCUT2D eigenvalue weighted by molar-refractivity contribution is 7.83. The Bertz CT molecular complexity index is 116. The molecule has 0 rings (SSSR count). The molecule has 0 fully saturated rings.